The molecule has 3 heteroatoms. The third kappa shape index (κ3) is 2.55. The Kier molecular flexibility index (Phi) is 4.97. The van der Waals surface area contributed by atoms with Crippen LogP contribution in [0.5, 0.6) is 0 Å². The van der Waals surface area contributed by atoms with Crippen LogP contribution in [-0.2, 0) is 0 Å². The predicted octanol–water partition coefficient (Wildman–Crippen LogP) is 0.505. The number of quaternary nitrogens is 1. The van der Waals surface area contributed by atoms with Gasteiger partial charge in [-0.05, 0) is 51.4 Å². The number of rotatable bonds is 2. The van der Waals surface area contributed by atoms with Crippen LogP contribution in [0.25, 0.3) is 0 Å². The van der Waals surface area contributed by atoms with Gasteiger partial charge in [0.05, 0.1) is 18.3 Å². The molecule has 18 heavy (non-hydrogen) atoms. The average Bonchev–Trinajstić information content (AvgIpc) is 2.91. The molecule has 1 heterocycles. The van der Waals surface area contributed by atoms with Crippen molar-refractivity contribution in [2.75, 3.05) is 6.67 Å². The van der Waals surface area contributed by atoms with Gasteiger partial charge in [-0.1, -0.05) is 12.8 Å². The lowest BCUT2D eigenvalue weighted by atomic mass is 9.86. The lowest BCUT2D eigenvalue weighted by Crippen LogP contribution is -3.00. The molecule has 0 aromatic carbocycles. The number of nitrogens with one attached hydrogen (secondary N) is 1. The zero-order valence-corrected chi connectivity index (χ0v) is 12.2. The Labute approximate surface area is 118 Å². The Balaban J connectivity index is 0.00000120. The highest BCUT2D eigenvalue weighted by molar-refractivity contribution is 4.86. The molecule has 0 spiro atoms. The Hall–Kier alpha value is -0.210. The average molecular weight is 271 g/mol. The van der Waals surface area contributed by atoms with E-state index >= 15 is 0 Å². The fraction of sp³-hybridized carbons (Fsp3) is 0.867. The lowest BCUT2D eigenvalue weighted by molar-refractivity contribution is -0.927. The molecule has 104 valence electrons. The predicted molar refractivity (Wildman–Crippen MR) is 71.1 cm³/mol. The summed E-state index contributed by atoms with van der Waals surface area (Å²) in [5.41, 5.74) is 0. The van der Waals surface area contributed by atoms with Gasteiger partial charge in [-0.25, -0.2) is 0 Å². The Bertz CT molecular complexity index is 260. The van der Waals surface area contributed by atoms with Crippen molar-refractivity contribution in [3.63, 3.8) is 0 Å². The monoisotopic (exact) mass is 270 g/mol. The quantitative estimate of drug-likeness (QED) is 0.721. The summed E-state index contributed by atoms with van der Waals surface area (Å²) < 4.78 is 1.29. The Morgan fingerprint density at radius 1 is 0.778 bits per heavy atom. The highest BCUT2D eigenvalue weighted by atomic mass is 35.5. The number of halogens is 1. The molecular weight excluding hydrogens is 244 g/mol. The fourth-order valence-corrected chi connectivity index (χ4v) is 4.38. The molecule has 2 aliphatic carbocycles. The molecule has 2 saturated carbocycles. The molecule has 2 nitrogen and oxygen atoms in total. The van der Waals surface area contributed by atoms with Gasteiger partial charge in [0.15, 0.2) is 6.67 Å². The standard InChI is InChI=1S/C15H27N2.ClH/c1-3-7-14(8-4-1)17(12-11-16-13-17)15-9-5-2-6-10-15;/h11-12,14-16H,1-10,13H2;1H/q+1;/p-1. The fourth-order valence-electron chi connectivity index (χ4n) is 4.38. The lowest BCUT2D eigenvalue weighted by Gasteiger charge is -2.47. The Morgan fingerprint density at radius 3 is 1.67 bits per heavy atom. The largest absolute Gasteiger partial charge is 1.00 e. The molecule has 1 aliphatic heterocycles. The smallest absolute Gasteiger partial charge is 0.156 e. The Morgan fingerprint density at radius 2 is 1.28 bits per heavy atom. The second-order valence-corrected chi connectivity index (χ2v) is 6.26. The van der Waals surface area contributed by atoms with Gasteiger partial charge in [0.1, 0.15) is 6.20 Å². The maximum Gasteiger partial charge on any atom is 0.156 e. The maximum absolute atomic E-state index is 3.50. The topological polar surface area (TPSA) is 12.0 Å². The van der Waals surface area contributed by atoms with E-state index in [2.05, 4.69) is 17.7 Å². The van der Waals surface area contributed by atoms with Crippen molar-refractivity contribution in [3.05, 3.63) is 12.4 Å². The van der Waals surface area contributed by atoms with Crippen LogP contribution in [0.4, 0.5) is 0 Å². The van der Waals surface area contributed by atoms with Crippen LogP contribution < -0.4 is 17.7 Å². The first-order valence-electron chi connectivity index (χ1n) is 7.70. The van der Waals surface area contributed by atoms with Crippen LogP contribution in [0.3, 0.4) is 0 Å². The van der Waals surface area contributed by atoms with E-state index in [1.54, 1.807) is 0 Å². The first-order valence-corrected chi connectivity index (χ1v) is 7.70. The first kappa shape index (κ1) is 14.2. The van der Waals surface area contributed by atoms with Crippen molar-refractivity contribution in [2.45, 2.75) is 76.3 Å². The molecule has 3 aliphatic rings. The molecule has 0 unspecified atom stereocenters. The molecule has 1 N–H and O–H groups in total. The van der Waals surface area contributed by atoms with E-state index < -0.39 is 0 Å². The van der Waals surface area contributed by atoms with Crippen LogP contribution in [0.1, 0.15) is 64.2 Å². The maximum atomic E-state index is 3.50. The molecule has 0 aromatic heterocycles. The molecule has 0 saturated heterocycles. The van der Waals surface area contributed by atoms with Gasteiger partial charge >= 0.3 is 0 Å². The summed E-state index contributed by atoms with van der Waals surface area (Å²) in [4.78, 5) is 0. The van der Waals surface area contributed by atoms with Crippen LogP contribution in [-0.4, -0.2) is 23.2 Å². The summed E-state index contributed by atoms with van der Waals surface area (Å²) in [6.07, 6.45) is 19.4. The third-order valence-electron chi connectivity index (χ3n) is 5.34. The van der Waals surface area contributed by atoms with Crippen molar-refractivity contribution in [2.24, 2.45) is 0 Å². The minimum Gasteiger partial charge on any atom is -1.00 e. The normalized spacial score (nSPS) is 28.7. The van der Waals surface area contributed by atoms with E-state index in [0.717, 1.165) is 12.1 Å². The zero-order valence-electron chi connectivity index (χ0n) is 11.4. The molecule has 0 aromatic rings. The number of hydrogen-bond donors (Lipinski definition) is 1. The van der Waals surface area contributed by atoms with Crippen LogP contribution in [0.2, 0.25) is 0 Å². The molecule has 0 amide bonds. The van der Waals surface area contributed by atoms with Crippen molar-refractivity contribution in [1.82, 2.24) is 5.32 Å². The van der Waals surface area contributed by atoms with Gasteiger partial charge < -0.3 is 17.7 Å². The highest BCUT2D eigenvalue weighted by Crippen LogP contribution is 2.37. The molecule has 0 atom stereocenters. The zero-order chi connectivity index (χ0) is 11.6. The van der Waals surface area contributed by atoms with E-state index in [0.29, 0.717) is 0 Å². The molecular formula is C15H27ClN2. The molecule has 3 rings (SSSR count). The van der Waals surface area contributed by atoms with Crippen molar-refractivity contribution in [3.8, 4) is 0 Å². The SMILES string of the molecule is C1=C[N+](C2CCCCC2)(C2CCCCC2)CN1.[Cl-]. The van der Waals surface area contributed by atoms with E-state index in [4.69, 9.17) is 0 Å². The molecule has 0 bridgehead atoms. The van der Waals surface area contributed by atoms with Gasteiger partial charge in [-0.2, -0.15) is 0 Å². The van der Waals surface area contributed by atoms with Gasteiger partial charge in [-0.3, -0.25) is 4.48 Å². The summed E-state index contributed by atoms with van der Waals surface area (Å²) in [5.74, 6) is 0. The summed E-state index contributed by atoms with van der Waals surface area (Å²) >= 11 is 0. The minimum atomic E-state index is 0. The molecule has 0 radical (unpaired) electrons. The van der Waals surface area contributed by atoms with E-state index in [9.17, 15) is 0 Å². The number of nitrogens with zero attached hydrogens (tertiary/aromatic N) is 1. The summed E-state index contributed by atoms with van der Waals surface area (Å²) in [6.45, 7) is 1.18. The first-order chi connectivity index (χ1) is 8.42. The van der Waals surface area contributed by atoms with Crippen molar-refractivity contribution < 1.29 is 16.9 Å². The van der Waals surface area contributed by atoms with Crippen LogP contribution in [0.15, 0.2) is 12.4 Å². The molecule has 2 fully saturated rings. The van der Waals surface area contributed by atoms with Gasteiger partial charge in [0, 0.05) is 0 Å². The summed E-state index contributed by atoms with van der Waals surface area (Å²) in [5, 5.41) is 3.50. The van der Waals surface area contributed by atoms with Gasteiger partial charge in [0.25, 0.3) is 0 Å². The minimum absolute atomic E-state index is 0. The second-order valence-electron chi connectivity index (χ2n) is 6.26. The van der Waals surface area contributed by atoms with Gasteiger partial charge in [-0.15, -0.1) is 0 Å². The van der Waals surface area contributed by atoms with Crippen LogP contribution in [0, 0.1) is 0 Å². The van der Waals surface area contributed by atoms with Crippen molar-refractivity contribution >= 4 is 0 Å². The van der Waals surface area contributed by atoms with E-state index in [1.165, 1.54) is 75.4 Å². The third-order valence-corrected chi connectivity index (χ3v) is 5.34. The summed E-state index contributed by atoms with van der Waals surface area (Å²) in [7, 11) is 0. The van der Waals surface area contributed by atoms with Crippen molar-refractivity contribution in [1.29, 1.82) is 0 Å². The van der Waals surface area contributed by atoms with Crippen LogP contribution >= 0.6 is 0 Å². The highest BCUT2D eigenvalue weighted by Gasteiger charge is 2.44. The van der Waals surface area contributed by atoms with Gasteiger partial charge in [0.2, 0.25) is 0 Å². The van der Waals surface area contributed by atoms with E-state index in [1.807, 2.05) is 0 Å². The van der Waals surface area contributed by atoms with E-state index in [-0.39, 0.29) is 12.4 Å². The summed E-state index contributed by atoms with van der Waals surface area (Å²) in [6, 6.07) is 1.83. The second kappa shape index (κ2) is 6.29. The number of hydrogen-bond acceptors (Lipinski definition) is 1.